The van der Waals surface area contributed by atoms with Gasteiger partial charge in [-0.3, -0.25) is 4.68 Å². The Labute approximate surface area is 79.1 Å². The molecule has 0 radical (unpaired) electrons. The standard InChI is InChI=1S/C10H17N3/c1-10(2)7-11-5-4-8-6-13(3)12-9(8)10/h6,11H,4-5,7H2,1-3H3. The molecule has 0 bridgehead atoms. The van der Waals surface area contributed by atoms with Gasteiger partial charge in [-0.1, -0.05) is 13.8 Å². The summed E-state index contributed by atoms with van der Waals surface area (Å²) >= 11 is 0. The Kier molecular flexibility index (Phi) is 1.91. The number of aromatic nitrogens is 2. The Morgan fingerprint density at radius 2 is 2.31 bits per heavy atom. The van der Waals surface area contributed by atoms with Gasteiger partial charge in [-0.25, -0.2) is 0 Å². The van der Waals surface area contributed by atoms with Crippen LogP contribution in [0, 0.1) is 0 Å². The van der Waals surface area contributed by atoms with Gasteiger partial charge in [0.2, 0.25) is 0 Å². The van der Waals surface area contributed by atoms with Crippen molar-refractivity contribution in [3.63, 3.8) is 0 Å². The summed E-state index contributed by atoms with van der Waals surface area (Å²) in [7, 11) is 2.00. The van der Waals surface area contributed by atoms with Crippen molar-refractivity contribution in [1.82, 2.24) is 15.1 Å². The Morgan fingerprint density at radius 3 is 3.08 bits per heavy atom. The lowest BCUT2D eigenvalue weighted by Crippen LogP contribution is -2.32. The van der Waals surface area contributed by atoms with E-state index in [1.54, 1.807) is 0 Å². The zero-order chi connectivity index (χ0) is 9.47. The highest BCUT2D eigenvalue weighted by atomic mass is 15.3. The van der Waals surface area contributed by atoms with Crippen LogP contribution in [0.5, 0.6) is 0 Å². The summed E-state index contributed by atoms with van der Waals surface area (Å²) in [6.07, 6.45) is 3.25. The van der Waals surface area contributed by atoms with E-state index >= 15 is 0 Å². The minimum atomic E-state index is 0.174. The first-order valence-electron chi connectivity index (χ1n) is 4.83. The van der Waals surface area contributed by atoms with E-state index in [4.69, 9.17) is 0 Å². The van der Waals surface area contributed by atoms with Crippen molar-refractivity contribution in [3.8, 4) is 0 Å². The number of rotatable bonds is 0. The molecule has 0 aromatic carbocycles. The highest BCUT2D eigenvalue weighted by molar-refractivity contribution is 5.27. The molecule has 0 amide bonds. The fraction of sp³-hybridized carbons (Fsp3) is 0.700. The number of nitrogens with zero attached hydrogens (tertiary/aromatic N) is 2. The van der Waals surface area contributed by atoms with E-state index in [0.29, 0.717) is 0 Å². The van der Waals surface area contributed by atoms with Crippen molar-refractivity contribution >= 4 is 0 Å². The van der Waals surface area contributed by atoms with Crippen LogP contribution in [0.15, 0.2) is 6.20 Å². The maximum Gasteiger partial charge on any atom is 0.0725 e. The molecule has 72 valence electrons. The first-order chi connectivity index (χ1) is 6.09. The lowest BCUT2D eigenvalue weighted by molar-refractivity contribution is 0.468. The molecule has 1 aliphatic rings. The smallest absolute Gasteiger partial charge is 0.0725 e. The molecule has 2 rings (SSSR count). The molecule has 1 N–H and O–H groups in total. The molecule has 3 heteroatoms. The average molecular weight is 179 g/mol. The first kappa shape index (κ1) is 8.75. The van der Waals surface area contributed by atoms with Gasteiger partial charge in [0, 0.05) is 25.2 Å². The van der Waals surface area contributed by atoms with Gasteiger partial charge in [-0.15, -0.1) is 0 Å². The van der Waals surface area contributed by atoms with Gasteiger partial charge < -0.3 is 5.32 Å². The van der Waals surface area contributed by atoms with Crippen molar-refractivity contribution in [1.29, 1.82) is 0 Å². The third-order valence-corrected chi connectivity index (χ3v) is 2.68. The maximum absolute atomic E-state index is 4.54. The Hall–Kier alpha value is -0.830. The molecule has 0 saturated carbocycles. The van der Waals surface area contributed by atoms with E-state index < -0.39 is 0 Å². The van der Waals surface area contributed by atoms with Gasteiger partial charge >= 0.3 is 0 Å². The third-order valence-electron chi connectivity index (χ3n) is 2.68. The molecular weight excluding hydrogens is 162 g/mol. The van der Waals surface area contributed by atoms with Gasteiger partial charge in [0.25, 0.3) is 0 Å². The molecule has 0 spiro atoms. The molecule has 13 heavy (non-hydrogen) atoms. The molecule has 2 heterocycles. The van der Waals surface area contributed by atoms with Crippen LogP contribution in [0.1, 0.15) is 25.1 Å². The molecule has 0 aliphatic carbocycles. The van der Waals surface area contributed by atoms with Crippen molar-refractivity contribution in [2.75, 3.05) is 13.1 Å². The number of fused-ring (bicyclic) bond motifs is 1. The molecule has 1 aromatic heterocycles. The maximum atomic E-state index is 4.54. The van der Waals surface area contributed by atoms with Gasteiger partial charge in [0.1, 0.15) is 0 Å². The van der Waals surface area contributed by atoms with Crippen molar-refractivity contribution in [3.05, 3.63) is 17.5 Å². The summed E-state index contributed by atoms with van der Waals surface area (Å²) in [5.74, 6) is 0. The molecule has 0 saturated heterocycles. The van der Waals surface area contributed by atoms with Crippen molar-refractivity contribution < 1.29 is 0 Å². The highest BCUT2D eigenvalue weighted by Gasteiger charge is 2.28. The lowest BCUT2D eigenvalue weighted by Gasteiger charge is -2.21. The molecule has 0 fully saturated rings. The summed E-state index contributed by atoms with van der Waals surface area (Å²) in [5, 5.41) is 7.98. The predicted octanol–water partition coefficient (Wildman–Crippen LogP) is 0.843. The van der Waals surface area contributed by atoms with Gasteiger partial charge in [-0.05, 0) is 18.5 Å². The topological polar surface area (TPSA) is 29.9 Å². The normalized spacial score (nSPS) is 20.8. The fourth-order valence-corrected chi connectivity index (χ4v) is 2.00. The molecule has 1 aromatic rings. The lowest BCUT2D eigenvalue weighted by atomic mass is 9.87. The second kappa shape index (κ2) is 2.84. The number of hydrogen-bond donors (Lipinski definition) is 1. The summed E-state index contributed by atoms with van der Waals surface area (Å²) in [4.78, 5) is 0. The molecule has 1 aliphatic heterocycles. The zero-order valence-electron chi connectivity index (χ0n) is 8.59. The third kappa shape index (κ3) is 1.48. The van der Waals surface area contributed by atoms with Crippen LogP contribution >= 0.6 is 0 Å². The predicted molar refractivity (Wildman–Crippen MR) is 52.8 cm³/mol. The van der Waals surface area contributed by atoms with E-state index in [9.17, 15) is 0 Å². The number of hydrogen-bond acceptors (Lipinski definition) is 2. The first-order valence-corrected chi connectivity index (χ1v) is 4.83. The van der Waals surface area contributed by atoms with Gasteiger partial charge in [0.05, 0.1) is 5.69 Å². The Bertz CT molecular complexity index is 312. The zero-order valence-corrected chi connectivity index (χ0v) is 8.59. The monoisotopic (exact) mass is 179 g/mol. The fourth-order valence-electron chi connectivity index (χ4n) is 2.00. The van der Waals surface area contributed by atoms with E-state index in [1.165, 1.54) is 11.3 Å². The SMILES string of the molecule is Cn1cc2c(n1)C(C)(C)CNCC2. The van der Waals surface area contributed by atoms with Crippen LogP contribution in [0.3, 0.4) is 0 Å². The second-order valence-corrected chi connectivity index (χ2v) is 4.49. The van der Waals surface area contributed by atoms with Crippen LogP contribution in [0.2, 0.25) is 0 Å². The second-order valence-electron chi connectivity index (χ2n) is 4.49. The minimum absolute atomic E-state index is 0.174. The number of nitrogens with one attached hydrogen (secondary N) is 1. The van der Waals surface area contributed by atoms with Crippen LogP contribution < -0.4 is 5.32 Å². The van der Waals surface area contributed by atoms with Crippen molar-refractivity contribution in [2.45, 2.75) is 25.7 Å². The quantitative estimate of drug-likeness (QED) is 0.639. The van der Waals surface area contributed by atoms with Gasteiger partial charge in [-0.2, -0.15) is 5.10 Å². The molecule has 3 nitrogen and oxygen atoms in total. The largest absolute Gasteiger partial charge is 0.315 e. The summed E-state index contributed by atoms with van der Waals surface area (Å²) in [6.45, 7) is 6.59. The van der Waals surface area contributed by atoms with Crippen molar-refractivity contribution in [2.24, 2.45) is 7.05 Å². The van der Waals surface area contributed by atoms with Crippen LogP contribution in [-0.2, 0) is 18.9 Å². The Balaban J connectivity index is 2.47. The summed E-state index contributed by atoms with van der Waals surface area (Å²) in [5.41, 5.74) is 2.84. The average Bonchev–Trinajstić information content (AvgIpc) is 2.36. The summed E-state index contributed by atoms with van der Waals surface area (Å²) < 4.78 is 1.93. The highest BCUT2D eigenvalue weighted by Crippen LogP contribution is 2.26. The molecule has 0 unspecified atom stereocenters. The van der Waals surface area contributed by atoms with Crippen LogP contribution in [-0.4, -0.2) is 22.9 Å². The van der Waals surface area contributed by atoms with Crippen LogP contribution in [0.25, 0.3) is 0 Å². The number of aryl methyl sites for hydroxylation is 1. The van der Waals surface area contributed by atoms with E-state index in [2.05, 4.69) is 30.5 Å². The summed E-state index contributed by atoms with van der Waals surface area (Å²) in [6, 6.07) is 0. The van der Waals surface area contributed by atoms with E-state index in [1.807, 2.05) is 11.7 Å². The molecular formula is C10H17N3. The molecule has 0 atom stereocenters. The van der Waals surface area contributed by atoms with Gasteiger partial charge in [0.15, 0.2) is 0 Å². The van der Waals surface area contributed by atoms with E-state index in [-0.39, 0.29) is 5.41 Å². The van der Waals surface area contributed by atoms with Crippen LogP contribution in [0.4, 0.5) is 0 Å². The van der Waals surface area contributed by atoms with E-state index in [0.717, 1.165) is 19.5 Å². The minimum Gasteiger partial charge on any atom is -0.315 e. The Morgan fingerprint density at radius 1 is 1.54 bits per heavy atom.